The molecule has 2 nitrogen and oxygen atoms in total. The monoisotopic (exact) mass is 338 g/mol. The zero-order chi connectivity index (χ0) is 14.1. The molecule has 0 spiro atoms. The van der Waals surface area contributed by atoms with Gasteiger partial charge in [-0.1, -0.05) is 0 Å². The summed E-state index contributed by atoms with van der Waals surface area (Å²) in [7, 11) is 0. The summed E-state index contributed by atoms with van der Waals surface area (Å²) in [6, 6.07) is 4.96. The SMILES string of the molecule is Fc1ccc(Br)c(F)c1-c1cncc(CNC2CC2)c1. The molecule has 20 heavy (non-hydrogen) atoms. The Hall–Kier alpha value is -1.33. The molecule has 0 aliphatic heterocycles. The van der Waals surface area contributed by atoms with Gasteiger partial charge in [-0.2, -0.15) is 0 Å². The lowest BCUT2D eigenvalue weighted by Gasteiger charge is -2.09. The molecule has 1 aliphatic rings. The fourth-order valence-electron chi connectivity index (χ4n) is 2.06. The second-order valence-corrected chi connectivity index (χ2v) is 5.81. The van der Waals surface area contributed by atoms with Gasteiger partial charge in [0.05, 0.1) is 10.0 Å². The van der Waals surface area contributed by atoms with Crippen molar-refractivity contribution in [2.75, 3.05) is 0 Å². The van der Waals surface area contributed by atoms with Crippen LogP contribution in [0.4, 0.5) is 8.78 Å². The van der Waals surface area contributed by atoms with E-state index in [4.69, 9.17) is 0 Å². The van der Waals surface area contributed by atoms with Crippen molar-refractivity contribution in [3.8, 4) is 11.1 Å². The van der Waals surface area contributed by atoms with Crippen LogP contribution < -0.4 is 5.32 Å². The van der Waals surface area contributed by atoms with Gasteiger partial charge in [0, 0.05) is 30.5 Å². The molecule has 0 unspecified atom stereocenters. The van der Waals surface area contributed by atoms with Gasteiger partial charge in [0.2, 0.25) is 0 Å². The zero-order valence-electron chi connectivity index (χ0n) is 10.7. The highest BCUT2D eigenvalue weighted by Crippen LogP contribution is 2.30. The average Bonchev–Trinajstić information content (AvgIpc) is 3.26. The lowest BCUT2D eigenvalue weighted by atomic mass is 10.0. The molecule has 0 amide bonds. The summed E-state index contributed by atoms with van der Waals surface area (Å²) < 4.78 is 28.2. The molecule has 0 atom stereocenters. The average molecular weight is 339 g/mol. The first kappa shape index (κ1) is 13.6. The third kappa shape index (κ3) is 2.88. The fourth-order valence-corrected chi connectivity index (χ4v) is 2.39. The van der Waals surface area contributed by atoms with Crippen molar-refractivity contribution in [3.63, 3.8) is 0 Å². The smallest absolute Gasteiger partial charge is 0.148 e. The lowest BCUT2D eigenvalue weighted by molar-refractivity contribution is 0.585. The first-order valence-corrected chi connectivity index (χ1v) is 7.25. The number of hydrogen-bond acceptors (Lipinski definition) is 2. The van der Waals surface area contributed by atoms with Gasteiger partial charge in [-0.3, -0.25) is 4.98 Å². The van der Waals surface area contributed by atoms with Crippen LogP contribution in [0.25, 0.3) is 11.1 Å². The molecule has 104 valence electrons. The molecule has 5 heteroatoms. The fraction of sp³-hybridized carbons (Fsp3) is 0.267. The molecule has 1 aliphatic carbocycles. The second kappa shape index (κ2) is 5.58. The van der Waals surface area contributed by atoms with Gasteiger partial charge in [-0.05, 0) is 52.5 Å². The number of halogens is 3. The largest absolute Gasteiger partial charge is 0.310 e. The highest BCUT2D eigenvalue weighted by Gasteiger charge is 2.20. The van der Waals surface area contributed by atoms with Gasteiger partial charge in [0.15, 0.2) is 0 Å². The highest BCUT2D eigenvalue weighted by molar-refractivity contribution is 9.10. The van der Waals surface area contributed by atoms with Gasteiger partial charge in [0.1, 0.15) is 11.6 Å². The Morgan fingerprint density at radius 1 is 1.25 bits per heavy atom. The van der Waals surface area contributed by atoms with E-state index in [2.05, 4.69) is 26.2 Å². The minimum absolute atomic E-state index is 0.0415. The lowest BCUT2D eigenvalue weighted by Crippen LogP contribution is -2.15. The molecule has 3 rings (SSSR count). The molecule has 1 N–H and O–H groups in total. The van der Waals surface area contributed by atoms with Crippen LogP contribution in [0.1, 0.15) is 18.4 Å². The van der Waals surface area contributed by atoms with E-state index in [1.165, 1.54) is 31.2 Å². The topological polar surface area (TPSA) is 24.9 Å². The van der Waals surface area contributed by atoms with Gasteiger partial charge >= 0.3 is 0 Å². The van der Waals surface area contributed by atoms with E-state index in [9.17, 15) is 8.78 Å². The van der Waals surface area contributed by atoms with Gasteiger partial charge in [0.25, 0.3) is 0 Å². The molecule has 0 saturated heterocycles. The van der Waals surface area contributed by atoms with Crippen LogP contribution in [0.5, 0.6) is 0 Å². The van der Waals surface area contributed by atoms with Crippen LogP contribution in [0.2, 0.25) is 0 Å². The van der Waals surface area contributed by atoms with Crippen molar-refractivity contribution in [2.45, 2.75) is 25.4 Å². The maximum atomic E-state index is 14.1. The summed E-state index contributed by atoms with van der Waals surface area (Å²) in [5.41, 5.74) is 1.34. The van der Waals surface area contributed by atoms with Gasteiger partial charge in [-0.25, -0.2) is 8.78 Å². The van der Waals surface area contributed by atoms with Gasteiger partial charge in [-0.15, -0.1) is 0 Å². The Morgan fingerprint density at radius 3 is 2.80 bits per heavy atom. The number of hydrogen-bond donors (Lipinski definition) is 1. The van der Waals surface area contributed by atoms with E-state index in [0.29, 0.717) is 18.2 Å². The molecule has 0 bridgehead atoms. The predicted octanol–water partition coefficient (Wildman–Crippen LogP) is 4.04. The number of rotatable bonds is 4. The van der Waals surface area contributed by atoms with Crippen LogP contribution in [0.15, 0.2) is 35.1 Å². The molecule has 1 fully saturated rings. The highest BCUT2D eigenvalue weighted by atomic mass is 79.9. The molecule has 1 heterocycles. The van der Waals surface area contributed by atoms with Crippen LogP contribution in [0.3, 0.4) is 0 Å². The molecule has 0 radical (unpaired) electrons. The first-order valence-electron chi connectivity index (χ1n) is 6.46. The summed E-state index contributed by atoms with van der Waals surface area (Å²) in [5.74, 6) is -1.18. The van der Waals surface area contributed by atoms with Crippen molar-refractivity contribution >= 4 is 15.9 Å². The number of nitrogens with zero attached hydrogens (tertiary/aromatic N) is 1. The van der Waals surface area contributed by atoms with Crippen LogP contribution >= 0.6 is 15.9 Å². The third-order valence-electron chi connectivity index (χ3n) is 3.30. The summed E-state index contributed by atoms with van der Waals surface area (Å²) >= 11 is 3.08. The number of pyridine rings is 1. The van der Waals surface area contributed by atoms with Crippen LogP contribution in [0, 0.1) is 11.6 Å². The Bertz CT molecular complexity index is 642. The predicted molar refractivity (Wildman–Crippen MR) is 77.2 cm³/mol. The van der Waals surface area contributed by atoms with E-state index in [0.717, 1.165) is 5.56 Å². The van der Waals surface area contributed by atoms with E-state index >= 15 is 0 Å². The van der Waals surface area contributed by atoms with Crippen LogP contribution in [-0.4, -0.2) is 11.0 Å². The molecular formula is C15H13BrF2N2. The third-order valence-corrected chi connectivity index (χ3v) is 3.91. The van der Waals surface area contributed by atoms with E-state index in [-0.39, 0.29) is 10.0 Å². The number of aromatic nitrogens is 1. The molecule has 1 saturated carbocycles. The standard InChI is InChI=1S/C15H13BrF2N2/c16-12-3-4-13(17)14(15(12)18)10-5-9(6-19-8-10)7-20-11-1-2-11/h3-6,8,11,20H,1-2,7H2. The Labute approximate surface area is 124 Å². The van der Waals surface area contributed by atoms with E-state index < -0.39 is 11.6 Å². The molecule has 1 aromatic carbocycles. The van der Waals surface area contributed by atoms with E-state index in [1.54, 1.807) is 12.3 Å². The zero-order valence-corrected chi connectivity index (χ0v) is 12.3. The van der Waals surface area contributed by atoms with Crippen molar-refractivity contribution in [2.24, 2.45) is 0 Å². The van der Waals surface area contributed by atoms with Crippen molar-refractivity contribution in [1.29, 1.82) is 0 Å². The first-order chi connectivity index (χ1) is 9.65. The normalized spacial score (nSPS) is 14.6. The minimum atomic E-state index is -0.598. The molecular weight excluding hydrogens is 326 g/mol. The quantitative estimate of drug-likeness (QED) is 0.851. The van der Waals surface area contributed by atoms with Crippen molar-refractivity contribution in [1.82, 2.24) is 10.3 Å². The molecule has 2 aromatic rings. The summed E-state index contributed by atoms with van der Waals surface area (Å²) in [4.78, 5) is 4.08. The summed E-state index contributed by atoms with van der Waals surface area (Å²) in [5, 5.41) is 3.36. The maximum Gasteiger partial charge on any atom is 0.148 e. The minimum Gasteiger partial charge on any atom is -0.310 e. The van der Waals surface area contributed by atoms with E-state index in [1.807, 2.05) is 0 Å². The maximum absolute atomic E-state index is 14.1. The Kier molecular flexibility index (Phi) is 3.81. The summed E-state index contributed by atoms with van der Waals surface area (Å²) in [6.07, 6.45) is 5.59. The Morgan fingerprint density at radius 2 is 2.05 bits per heavy atom. The second-order valence-electron chi connectivity index (χ2n) is 4.96. The van der Waals surface area contributed by atoms with Crippen molar-refractivity contribution in [3.05, 3.63) is 52.3 Å². The summed E-state index contributed by atoms with van der Waals surface area (Å²) in [6.45, 7) is 0.669. The molecule has 1 aromatic heterocycles. The van der Waals surface area contributed by atoms with Gasteiger partial charge < -0.3 is 5.32 Å². The van der Waals surface area contributed by atoms with Crippen molar-refractivity contribution < 1.29 is 8.78 Å². The Balaban J connectivity index is 1.93. The van der Waals surface area contributed by atoms with Crippen LogP contribution in [-0.2, 0) is 6.54 Å². The number of nitrogens with one attached hydrogen (secondary N) is 1. The number of benzene rings is 1.